The molecular weight excluding hydrogens is 452 g/mol. The highest BCUT2D eigenvalue weighted by Gasteiger charge is 2.15. The maximum atomic E-state index is 9.39. The minimum absolute atomic E-state index is 0.521. The first kappa shape index (κ1) is 22.9. The van der Waals surface area contributed by atoms with Gasteiger partial charge in [-0.3, -0.25) is 9.67 Å². The van der Waals surface area contributed by atoms with Gasteiger partial charge in [-0.05, 0) is 35.9 Å². The first-order chi connectivity index (χ1) is 17.6. The van der Waals surface area contributed by atoms with Crippen LogP contribution in [0.5, 0.6) is 11.5 Å². The van der Waals surface area contributed by atoms with Gasteiger partial charge in [-0.15, -0.1) is 0 Å². The number of methoxy groups -OCH3 is 2. The Hall–Kier alpha value is -4.90. The lowest BCUT2D eigenvalue weighted by Crippen LogP contribution is -2.17. The Morgan fingerprint density at radius 1 is 0.917 bits per heavy atom. The van der Waals surface area contributed by atoms with Crippen molar-refractivity contribution < 1.29 is 9.47 Å². The summed E-state index contributed by atoms with van der Waals surface area (Å²) in [6.07, 6.45) is 5.45. The number of rotatable bonds is 7. The van der Waals surface area contributed by atoms with Gasteiger partial charge in [-0.25, -0.2) is 4.98 Å². The van der Waals surface area contributed by atoms with Crippen LogP contribution in [0.15, 0.2) is 79.3 Å². The van der Waals surface area contributed by atoms with Crippen LogP contribution in [-0.2, 0) is 13.6 Å². The second-order valence-electron chi connectivity index (χ2n) is 8.30. The Bertz CT molecular complexity index is 1560. The number of anilines is 2. The number of ether oxygens (including phenoxy) is 2. The molecule has 0 aliphatic carbocycles. The van der Waals surface area contributed by atoms with Crippen LogP contribution < -0.4 is 14.4 Å². The van der Waals surface area contributed by atoms with Crippen LogP contribution in [0.1, 0.15) is 11.1 Å². The van der Waals surface area contributed by atoms with Crippen molar-refractivity contribution in [2.45, 2.75) is 6.54 Å². The van der Waals surface area contributed by atoms with Crippen molar-refractivity contribution in [3.63, 3.8) is 0 Å². The van der Waals surface area contributed by atoms with Crippen molar-refractivity contribution in [2.75, 3.05) is 19.1 Å². The van der Waals surface area contributed by atoms with E-state index in [9.17, 15) is 5.26 Å². The summed E-state index contributed by atoms with van der Waals surface area (Å²) in [6.45, 7) is 0.521. The van der Waals surface area contributed by atoms with Crippen LogP contribution in [0.4, 0.5) is 11.4 Å². The zero-order valence-electron chi connectivity index (χ0n) is 20.2. The smallest absolute Gasteiger partial charge is 0.124 e. The summed E-state index contributed by atoms with van der Waals surface area (Å²) in [6, 6.07) is 21.6. The zero-order valence-corrected chi connectivity index (χ0v) is 20.2. The minimum Gasteiger partial charge on any atom is -0.497 e. The molecule has 0 N–H and O–H groups in total. The number of hydrogen-bond donors (Lipinski definition) is 0. The van der Waals surface area contributed by atoms with Crippen LogP contribution in [-0.4, -0.2) is 34.0 Å². The van der Waals surface area contributed by atoms with Gasteiger partial charge in [-0.1, -0.05) is 12.1 Å². The van der Waals surface area contributed by atoms with Crippen molar-refractivity contribution in [2.24, 2.45) is 7.05 Å². The average Bonchev–Trinajstić information content (AvgIpc) is 3.37. The lowest BCUT2D eigenvalue weighted by atomic mass is 10.1. The second-order valence-corrected chi connectivity index (χ2v) is 8.30. The predicted molar refractivity (Wildman–Crippen MR) is 138 cm³/mol. The molecule has 5 rings (SSSR count). The SMILES string of the molecule is COc1cc(OC)cc(N(Cc2cccc(C#N)c2)c2ccc3ncc(-c4cnn(C)c4)nc3c2)c1. The maximum absolute atomic E-state index is 9.39. The third-order valence-electron chi connectivity index (χ3n) is 5.88. The van der Waals surface area contributed by atoms with E-state index in [1.54, 1.807) is 37.4 Å². The van der Waals surface area contributed by atoms with Crippen LogP contribution in [0.3, 0.4) is 0 Å². The van der Waals surface area contributed by atoms with Gasteiger partial charge >= 0.3 is 0 Å². The first-order valence-electron chi connectivity index (χ1n) is 11.3. The molecule has 3 aromatic carbocycles. The fourth-order valence-corrected chi connectivity index (χ4v) is 4.06. The van der Waals surface area contributed by atoms with Gasteiger partial charge in [0.05, 0.1) is 55.0 Å². The summed E-state index contributed by atoms with van der Waals surface area (Å²) in [5.41, 5.74) is 6.61. The quantitative estimate of drug-likeness (QED) is 0.317. The summed E-state index contributed by atoms with van der Waals surface area (Å²) in [5, 5.41) is 13.6. The third kappa shape index (κ3) is 4.68. The molecule has 8 heteroatoms. The topological polar surface area (TPSA) is 89.1 Å². The van der Waals surface area contributed by atoms with Gasteiger partial charge < -0.3 is 14.4 Å². The van der Waals surface area contributed by atoms with Gasteiger partial charge in [-0.2, -0.15) is 10.4 Å². The van der Waals surface area contributed by atoms with E-state index in [4.69, 9.17) is 14.5 Å². The van der Waals surface area contributed by atoms with Gasteiger partial charge in [0.1, 0.15) is 11.5 Å². The third-order valence-corrected chi connectivity index (χ3v) is 5.88. The molecule has 0 amide bonds. The fraction of sp³-hybridized carbons (Fsp3) is 0.143. The Balaban J connectivity index is 1.63. The summed E-state index contributed by atoms with van der Waals surface area (Å²) in [4.78, 5) is 11.6. The Labute approximate surface area is 209 Å². The number of hydrogen-bond acceptors (Lipinski definition) is 7. The fourth-order valence-electron chi connectivity index (χ4n) is 4.06. The second kappa shape index (κ2) is 9.76. The molecule has 0 aliphatic heterocycles. The highest BCUT2D eigenvalue weighted by molar-refractivity contribution is 5.82. The molecule has 0 spiro atoms. The number of aromatic nitrogens is 4. The lowest BCUT2D eigenvalue weighted by Gasteiger charge is -2.26. The van der Waals surface area contributed by atoms with E-state index in [1.165, 1.54) is 0 Å². The van der Waals surface area contributed by atoms with E-state index in [1.807, 2.05) is 67.8 Å². The van der Waals surface area contributed by atoms with Gasteiger partial charge in [0.25, 0.3) is 0 Å². The monoisotopic (exact) mass is 476 g/mol. The normalized spacial score (nSPS) is 10.7. The Kier molecular flexibility index (Phi) is 6.20. The van der Waals surface area contributed by atoms with Crippen molar-refractivity contribution >= 4 is 22.4 Å². The van der Waals surface area contributed by atoms with E-state index in [0.29, 0.717) is 23.6 Å². The van der Waals surface area contributed by atoms with E-state index in [0.717, 1.165) is 39.2 Å². The molecule has 8 nitrogen and oxygen atoms in total. The molecule has 2 heterocycles. The molecule has 0 bridgehead atoms. The van der Waals surface area contributed by atoms with Crippen molar-refractivity contribution in [1.82, 2.24) is 19.7 Å². The summed E-state index contributed by atoms with van der Waals surface area (Å²) in [5.74, 6) is 1.36. The molecule has 36 heavy (non-hydrogen) atoms. The van der Waals surface area contributed by atoms with Crippen molar-refractivity contribution in [1.29, 1.82) is 5.26 Å². The van der Waals surface area contributed by atoms with E-state index in [2.05, 4.69) is 21.1 Å². The molecule has 0 saturated heterocycles. The molecule has 2 aromatic heterocycles. The standard InChI is InChI=1S/C28H24N6O2/c1-33-18-21(15-31-33)28-16-30-26-8-7-22(12-27(26)32-28)34(17-20-6-4-5-19(9-20)14-29)23-10-24(35-2)13-25(11-23)36-3/h4-13,15-16,18H,17H2,1-3H3. The molecule has 0 fully saturated rings. The number of fused-ring (bicyclic) bond motifs is 1. The highest BCUT2D eigenvalue weighted by atomic mass is 16.5. The summed E-state index contributed by atoms with van der Waals surface area (Å²) in [7, 11) is 5.13. The van der Waals surface area contributed by atoms with Crippen molar-refractivity contribution in [3.8, 4) is 28.8 Å². The van der Waals surface area contributed by atoms with E-state index >= 15 is 0 Å². The number of nitrogens with zero attached hydrogens (tertiary/aromatic N) is 6. The van der Waals surface area contributed by atoms with Crippen LogP contribution in [0.25, 0.3) is 22.3 Å². The summed E-state index contributed by atoms with van der Waals surface area (Å²) >= 11 is 0. The molecule has 0 radical (unpaired) electrons. The zero-order chi connectivity index (χ0) is 25.1. The van der Waals surface area contributed by atoms with E-state index in [-0.39, 0.29) is 0 Å². The Morgan fingerprint density at radius 2 is 1.72 bits per heavy atom. The lowest BCUT2D eigenvalue weighted by molar-refractivity contribution is 0.394. The molecule has 0 aliphatic rings. The predicted octanol–water partition coefficient (Wildman–Crippen LogP) is 5.26. The molecule has 0 atom stereocenters. The molecule has 0 saturated carbocycles. The minimum atomic E-state index is 0.521. The first-order valence-corrected chi connectivity index (χ1v) is 11.3. The van der Waals surface area contributed by atoms with Crippen LogP contribution >= 0.6 is 0 Å². The van der Waals surface area contributed by atoms with Gasteiger partial charge in [0.2, 0.25) is 0 Å². The molecule has 178 valence electrons. The number of benzene rings is 3. The van der Waals surface area contributed by atoms with Gasteiger partial charge in [0, 0.05) is 54.9 Å². The Morgan fingerprint density at radius 3 is 2.42 bits per heavy atom. The van der Waals surface area contributed by atoms with Crippen molar-refractivity contribution in [3.05, 3.63) is 90.4 Å². The van der Waals surface area contributed by atoms with Gasteiger partial charge in [0.15, 0.2) is 0 Å². The molecule has 5 aromatic rings. The molecular formula is C28H24N6O2. The largest absolute Gasteiger partial charge is 0.497 e. The summed E-state index contributed by atoms with van der Waals surface area (Å²) < 4.78 is 12.8. The number of nitriles is 1. The maximum Gasteiger partial charge on any atom is 0.124 e. The van der Waals surface area contributed by atoms with Crippen LogP contribution in [0.2, 0.25) is 0 Å². The van der Waals surface area contributed by atoms with Crippen LogP contribution in [0, 0.1) is 11.3 Å². The highest BCUT2D eigenvalue weighted by Crippen LogP contribution is 2.35. The average molecular weight is 477 g/mol. The van der Waals surface area contributed by atoms with E-state index < -0.39 is 0 Å². The number of aryl methyl sites for hydroxylation is 1. The molecule has 0 unspecified atom stereocenters.